The number of alkyl halides is 3. The number of thioether (sulfide) groups is 1. The average Bonchev–Trinajstić information content (AvgIpc) is 2.28. The van der Waals surface area contributed by atoms with E-state index >= 15 is 0 Å². The van der Waals surface area contributed by atoms with E-state index in [0.717, 1.165) is 18.7 Å². The zero-order chi connectivity index (χ0) is 12.7. The molecule has 0 aromatic rings. The van der Waals surface area contributed by atoms with Crippen molar-refractivity contribution in [1.82, 2.24) is 5.32 Å². The van der Waals surface area contributed by atoms with E-state index in [9.17, 15) is 13.2 Å². The fourth-order valence-corrected chi connectivity index (χ4v) is 2.66. The van der Waals surface area contributed by atoms with Gasteiger partial charge in [-0.05, 0) is 19.3 Å². The van der Waals surface area contributed by atoms with Gasteiger partial charge in [0, 0.05) is 18.3 Å². The first-order valence-electron chi connectivity index (χ1n) is 5.85. The SMILES string of the molecule is C#CCSCCNC1CCCC(C(F)(F)F)C1. The van der Waals surface area contributed by atoms with Crippen LogP contribution in [0.1, 0.15) is 25.7 Å². The van der Waals surface area contributed by atoms with Gasteiger partial charge in [-0.3, -0.25) is 0 Å². The number of hydrogen-bond acceptors (Lipinski definition) is 2. The quantitative estimate of drug-likeness (QED) is 0.605. The Balaban J connectivity index is 2.19. The minimum Gasteiger partial charge on any atom is -0.313 e. The molecule has 17 heavy (non-hydrogen) atoms. The Morgan fingerprint density at radius 1 is 1.35 bits per heavy atom. The number of nitrogens with one attached hydrogen (secondary N) is 1. The standard InChI is InChI=1S/C12H18F3NS/c1-2-7-17-8-6-16-11-5-3-4-10(9-11)12(13,14)15/h1,10-11,16H,3-9H2. The van der Waals surface area contributed by atoms with Gasteiger partial charge in [0.1, 0.15) is 0 Å². The fourth-order valence-electron chi connectivity index (χ4n) is 2.14. The minimum atomic E-state index is -4.03. The van der Waals surface area contributed by atoms with Crippen LogP contribution in [-0.4, -0.2) is 30.3 Å². The summed E-state index contributed by atoms with van der Waals surface area (Å²) < 4.78 is 37.6. The fraction of sp³-hybridized carbons (Fsp3) is 0.833. The summed E-state index contributed by atoms with van der Waals surface area (Å²) in [5, 5.41) is 3.19. The molecule has 0 aromatic carbocycles. The van der Waals surface area contributed by atoms with Crippen LogP contribution in [0, 0.1) is 18.3 Å². The van der Waals surface area contributed by atoms with E-state index in [0.29, 0.717) is 12.2 Å². The maximum absolute atomic E-state index is 12.5. The van der Waals surface area contributed by atoms with Crippen LogP contribution in [0.15, 0.2) is 0 Å². The van der Waals surface area contributed by atoms with E-state index < -0.39 is 12.1 Å². The summed E-state index contributed by atoms with van der Waals surface area (Å²) in [6, 6.07) is 0.0156. The van der Waals surface area contributed by atoms with Crippen molar-refractivity contribution >= 4 is 11.8 Å². The highest BCUT2D eigenvalue weighted by Crippen LogP contribution is 2.37. The van der Waals surface area contributed by atoms with Crippen LogP contribution in [0.4, 0.5) is 13.2 Å². The van der Waals surface area contributed by atoms with Gasteiger partial charge in [0.2, 0.25) is 0 Å². The average molecular weight is 265 g/mol. The molecular formula is C12H18F3NS. The molecule has 1 aliphatic rings. The van der Waals surface area contributed by atoms with Gasteiger partial charge in [0.25, 0.3) is 0 Å². The molecule has 98 valence electrons. The van der Waals surface area contributed by atoms with Gasteiger partial charge < -0.3 is 5.32 Å². The van der Waals surface area contributed by atoms with Crippen molar-refractivity contribution < 1.29 is 13.2 Å². The van der Waals surface area contributed by atoms with Crippen molar-refractivity contribution in [1.29, 1.82) is 0 Å². The molecule has 5 heteroatoms. The van der Waals surface area contributed by atoms with Crippen LogP contribution in [0.25, 0.3) is 0 Å². The third kappa shape index (κ3) is 5.69. The highest BCUT2D eigenvalue weighted by atomic mass is 32.2. The predicted molar refractivity (Wildman–Crippen MR) is 66.0 cm³/mol. The molecule has 1 N–H and O–H groups in total. The topological polar surface area (TPSA) is 12.0 Å². The van der Waals surface area contributed by atoms with Crippen molar-refractivity contribution in [3.63, 3.8) is 0 Å². The second kappa shape index (κ2) is 7.17. The van der Waals surface area contributed by atoms with Crippen LogP contribution in [0.3, 0.4) is 0 Å². The second-order valence-corrected chi connectivity index (χ2v) is 5.42. The molecule has 1 fully saturated rings. The first-order valence-corrected chi connectivity index (χ1v) is 7.01. The summed E-state index contributed by atoms with van der Waals surface area (Å²) in [6.45, 7) is 0.738. The summed E-state index contributed by atoms with van der Waals surface area (Å²) in [6.07, 6.45) is 3.10. The Bertz CT molecular complexity index is 259. The molecule has 1 saturated carbocycles. The molecule has 1 rings (SSSR count). The zero-order valence-corrected chi connectivity index (χ0v) is 10.5. The van der Waals surface area contributed by atoms with Gasteiger partial charge in [-0.2, -0.15) is 13.2 Å². The van der Waals surface area contributed by atoms with Crippen LogP contribution < -0.4 is 5.32 Å². The van der Waals surface area contributed by atoms with Gasteiger partial charge in [-0.15, -0.1) is 18.2 Å². The van der Waals surface area contributed by atoms with E-state index in [1.165, 1.54) is 0 Å². The molecule has 0 aliphatic heterocycles. The van der Waals surface area contributed by atoms with Crippen molar-refractivity contribution in [3.05, 3.63) is 0 Å². The van der Waals surface area contributed by atoms with E-state index in [1.54, 1.807) is 11.8 Å². The molecule has 0 aromatic heterocycles. The Morgan fingerprint density at radius 2 is 2.12 bits per heavy atom. The summed E-state index contributed by atoms with van der Waals surface area (Å²) in [7, 11) is 0. The largest absolute Gasteiger partial charge is 0.391 e. The van der Waals surface area contributed by atoms with Crippen molar-refractivity contribution in [3.8, 4) is 12.3 Å². The smallest absolute Gasteiger partial charge is 0.313 e. The van der Waals surface area contributed by atoms with E-state index in [2.05, 4.69) is 11.2 Å². The molecule has 0 saturated heterocycles. The molecule has 0 amide bonds. The predicted octanol–water partition coefficient (Wildman–Crippen LogP) is 3.06. The van der Waals surface area contributed by atoms with E-state index in [1.807, 2.05) is 0 Å². The molecule has 0 radical (unpaired) electrons. The van der Waals surface area contributed by atoms with Gasteiger partial charge in [0.05, 0.1) is 11.7 Å². The van der Waals surface area contributed by atoms with Crippen LogP contribution in [-0.2, 0) is 0 Å². The van der Waals surface area contributed by atoms with Gasteiger partial charge in [-0.25, -0.2) is 0 Å². The van der Waals surface area contributed by atoms with Crippen LogP contribution >= 0.6 is 11.8 Å². The van der Waals surface area contributed by atoms with Gasteiger partial charge >= 0.3 is 6.18 Å². The molecule has 1 nitrogen and oxygen atoms in total. The van der Waals surface area contributed by atoms with Gasteiger partial charge in [0.15, 0.2) is 0 Å². The molecule has 0 bridgehead atoms. The van der Waals surface area contributed by atoms with Crippen molar-refractivity contribution in [2.75, 3.05) is 18.1 Å². The molecule has 0 spiro atoms. The summed E-state index contributed by atoms with van der Waals surface area (Å²) in [5.41, 5.74) is 0. The first-order chi connectivity index (χ1) is 8.04. The lowest BCUT2D eigenvalue weighted by molar-refractivity contribution is -0.183. The second-order valence-electron chi connectivity index (χ2n) is 4.31. The Kier molecular flexibility index (Phi) is 6.21. The van der Waals surface area contributed by atoms with Crippen LogP contribution in [0.5, 0.6) is 0 Å². The molecule has 1 aliphatic carbocycles. The highest BCUT2D eigenvalue weighted by Gasteiger charge is 2.41. The van der Waals surface area contributed by atoms with E-state index in [4.69, 9.17) is 6.42 Å². The van der Waals surface area contributed by atoms with Crippen LogP contribution in [0.2, 0.25) is 0 Å². The maximum Gasteiger partial charge on any atom is 0.391 e. The normalized spacial score (nSPS) is 25.5. The lowest BCUT2D eigenvalue weighted by atomic mass is 9.85. The first kappa shape index (κ1) is 14.7. The number of halogens is 3. The lowest BCUT2D eigenvalue weighted by Crippen LogP contribution is -2.39. The van der Waals surface area contributed by atoms with E-state index in [-0.39, 0.29) is 18.9 Å². The number of hydrogen-bond donors (Lipinski definition) is 1. The van der Waals surface area contributed by atoms with Crippen molar-refractivity contribution in [2.24, 2.45) is 5.92 Å². The number of rotatable bonds is 5. The summed E-state index contributed by atoms with van der Waals surface area (Å²) >= 11 is 1.63. The Morgan fingerprint density at radius 3 is 2.76 bits per heavy atom. The minimum absolute atomic E-state index is 0.0156. The zero-order valence-electron chi connectivity index (χ0n) is 9.72. The maximum atomic E-state index is 12.5. The summed E-state index contributed by atoms with van der Waals surface area (Å²) in [4.78, 5) is 0. The monoisotopic (exact) mass is 265 g/mol. The summed E-state index contributed by atoms with van der Waals surface area (Å²) in [5.74, 6) is 2.92. The Labute approximate surface area is 105 Å². The lowest BCUT2D eigenvalue weighted by Gasteiger charge is -2.31. The molecule has 2 unspecified atom stereocenters. The molecule has 0 heterocycles. The third-order valence-corrected chi connectivity index (χ3v) is 3.87. The van der Waals surface area contributed by atoms with Crippen molar-refractivity contribution in [2.45, 2.75) is 37.9 Å². The Hall–Kier alpha value is -0.340. The highest BCUT2D eigenvalue weighted by molar-refractivity contribution is 7.99. The molecular weight excluding hydrogens is 247 g/mol. The third-order valence-electron chi connectivity index (χ3n) is 3.00. The molecule has 2 atom stereocenters. The van der Waals surface area contributed by atoms with Gasteiger partial charge in [-0.1, -0.05) is 12.3 Å². The number of terminal acetylenes is 1.